The summed E-state index contributed by atoms with van der Waals surface area (Å²) in [6.45, 7) is 4.65. The first-order valence-electron chi connectivity index (χ1n) is 9.37. The van der Waals surface area contributed by atoms with Gasteiger partial charge in [0.15, 0.2) is 0 Å². The highest BCUT2D eigenvalue weighted by Crippen LogP contribution is 2.38. The van der Waals surface area contributed by atoms with E-state index in [1.165, 1.54) is 33.0 Å². The summed E-state index contributed by atoms with van der Waals surface area (Å²) in [5.41, 5.74) is 5.60. The molecule has 128 valence electrons. The molecule has 0 N–H and O–H groups in total. The van der Waals surface area contributed by atoms with E-state index in [2.05, 4.69) is 111 Å². The van der Waals surface area contributed by atoms with Crippen molar-refractivity contribution in [3.05, 3.63) is 119 Å². The lowest BCUT2D eigenvalue weighted by Crippen LogP contribution is -2.06. The second kappa shape index (κ2) is 7.17. The molecule has 2 atom stereocenters. The summed E-state index contributed by atoms with van der Waals surface area (Å²) in [6, 6.07) is 35.0. The summed E-state index contributed by atoms with van der Waals surface area (Å²) in [6.07, 6.45) is 0. The lowest BCUT2D eigenvalue weighted by Gasteiger charge is -2.24. The molecule has 0 fully saturated rings. The third-order valence-corrected chi connectivity index (χ3v) is 5.50. The number of hydrogen-bond donors (Lipinski definition) is 0. The summed E-state index contributed by atoms with van der Waals surface area (Å²) < 4.78 is 0. The van der Waals surface area contributed by atoms with Gasteiger partial charge in [-0.05, 0) is 33.0 Å². The molecule has 0 aliphatic rings. The third kappa shape index (κ3) is 3.04. The van der Waals surface area contributed by atoms with E-state index in [9.17, 15) is 0 Å². The van der Waals surface area contributed by atoms with Gasteiger partial charge in [-0.2, -0.15) is 0 Å². The first-order chi connectivity index (χ1) is 12.8. The Morgan fingerprint density at radius 2 is 1.04 bits per heavy atom. The Hall–Kier alpha value is -2.86. The minimum absolute atomic E-state index is 0.350. The molecule has 2 unspecified atom stereocenters. The number of hydrogen-bond acceptors (Lipinski definition) is 0. The van der Waals surface area contributed by atoms with Gasteiger partial charge in [-0.15, -0.1) is 0 Å². The van der Waals surface area contributed by atoms with Crippen LogP contribution >= 0.6 is 0 Å². The predicted molar refractivity (Wildman–Crippen MR) is 112 cm³/mol. The van der Waals surface area contributed by atoms with Crippen molar-refractivity contribution >= 4 is 10.8 Å². The summed E-state index contributed by atoms with van der Waals surface area (Å²) in [5.74, 6) is 0.713. The third-order valence-electron chi connectivity index (χ3n) is 5.50. The van der Waals surface area contributed by atoms with Gasteiger partial charge in [0.1, 0.15) is 0 Å². The monoisotopic (exact) mass is 336 g/mol. The van der Waals surface area contributed by atoms with Gasteiger partial charge in [0.05, 0.1) is 0 Å². The van der Waals surface area contributed by atoms with Crippen LogP contribution in [0.3, 0.4) is 0 Å². The molecule has 0 bridgehead atoms. The van der Waals surface area contributed by atoms with Crippen LogP contribution < -0.4 is 0 Å². The van der Waals surface area contributed by atoms with Crippen LogP contribution in [0.1, 0.15) is 47.9 Å². The molecule has 4 aromatic carbocycles. The Balaban J connectivity index is 1.93. The fourth-order valence-electron chi connectivity index (χ4n) is 4.00. The van der Waals surface area contributed by atoms with Crippen LogP contribution in [-0.2, 0) is 0 Å². The van der Waals surface area contributed by atoms with Gasteiger partial charge in [0.2, 0.25) is 0 Å². The van der Waals surface area contributed by atoms with Crippen LogP contribution in [-0.4, -0.2) is 0 Å². The Bertz CT molecular complexity index is 1000. The lowest BCUT2D eigenvalue weighted by atomic mass is 9.80. The van der Waals surface area contributed by atoms with Gasteiger partial charge < -0.3 is 0 Å². The number of rotatable bonds is 4. The van der Waals surface area contributed by atoms with Crippen LogP contribution in [0.4, 0.5) is 0 Å². The Morgan fingerprint density at radius 3 is 1.69 bits per heavy atom. The van der Waals surface area contributed by atoms with Crippen molar-refractivity contribution in [3.8, 4) is 0 Å². The molecule has 0 spiro atoms. The minimum Gasteiger partial charge on any atom is -0.0622 e. The summed E-state index contributed by atoms with van der Waals surface area (Å²) in [7, 11) is 0. The molecule has 0 amide bonds. The smallest absolute Gasteiger partial charge is 0.00701 e. The Morgan fingerprint density at radius 1 is 0.500 bits per heavy atom. The maximum atomic E-state index is 2.33. The van der Waals surface area contributed by atoms with Crippen LogP contribution in [0.2, 0.25) is 0 Å². The number of fused-ring (bicyclic) bond motifs is 1. The van der Waals surface area contributed by atoms with E-state index in [1.54, 1.807) is 0 Å². The molecule has 0 radical (unpaired) electrons. The van der Waals surface area contributed by atoms with Crippen molar-refractivity contribution in [3.63, 3.8) is 0 Å². The normalized spacial score (nSPS) is 13.5. The van der Waals surface area contributed by atoms with Gasteiger partial charge in [-0.1, -0.05) is 111 Å². The highest BCUT2D eigenvalue weighted by Gasteiger charge is 2.20. The van der Waals surface area contributed by atoms with Gasteiger partial charge in [-0.3, -0.25) is 0 Å². The standard InChI is InChI=1S/C26H24/c1-19(21-11-5-3-6-12-21)24-18-17-23-15-9-10-16-25(23)26(24)20(2)22-13-7-4-8-14-22/h3-20H,1-2H3. The zero-order valence-electron chi connectivity index (χ0n) is 15.4. The van der Waals surface area contributed by atoms with Crippen molar-refractivity contribution in [2.75, 3.05) is 0 Å². The van der Waals surface area contributed by atoms with E-state index in [0.29, 0.717) is 11.8 Å². The van der Waals surface area contributed by atoms with Gasteiger partial charge in [-0.25, -0.2) is 0 Å². The molecule has 0 nitrogen and oxygen atoms in total. The molecule has 0 heterocycles. The average molecular weight is 336 g/mol. The number of benzene rings is 4. The summed E-state index contributed by atoms with van der Waals surface area (Å²) in [4.78, 5) is 0. The molecule has 0 aromatic heterocycles. The molecule has 0 heteroatoms. The molecule has 4 rings (SSSR count). The van der Waals surface area contributed by atoms with E-state index >= 15 is 0 Å². The van der Waals surface area contributed by atoms with Gasteiger partial charge in [0, 0.05) is 11.8 Å². The SMILES string of the molecule is CC(c1ccccc1)c1ccc2ccccc2c1C(C)c1ccccc1. The van der Waals surface area contributed by atoms with Crippen LogP contribution in [0.5, 0.6) is 0 Å². The highest BCUT2D eigenvalue weighted by atomic mass is 14.2. The molecule has 0 saturated carbocycles. The molecule has 0 aliphatic carbocycles. The van der Waals surface area contributed by atoms with Gasteiger partial charge in [0.25, 0.3) is 0 Å². The fraction of sp³-hybridized carbons (Fsp3) is 0.154. The Kier molecular flexibility index (Phi) is 4.58. The van der Waals surface area contributed by atoms with E-state index in [1.807, 2.05) is 0 Å². The summed E-state index contributed by atoms with van der Waals surface area (Å²) >= 11 is 0. The van der Waals surface area contributed by atoms with Crippen molar-refractivity contribution in [1.82, 2.24) is 0 Å². The topological polar surface area (TPSA) is 0 Å². The lowest BCUT2D eigenvalue weighted by molar-refractivity contribution is 0.851. The highest BCUT2D eigenvalue weighted by molar-refractivity contribution is 5.88. The van der Waals surface area contributed by atoms with E-state index in [4.69, 9.17) is 0 Å². The van der Waals surface area contributed by atoms with Crippen LogP contribution in [0, 0.1) is 0 Å². The fourth-order valence-corrected chi connectivity index (χ4v) is 4.00. The average Bonchev–Trinajstić information content (AvgIpc) is 2.73. The minimum atomic E-state index is 0.350. The van der Waals surface area contributed by atoms with Crippen molar-refractivity contribution < 1.29 is 0 Å². The molecular weight excluding hydrogens is 312 g/mol. The first-order valence-corrected chi connectivity index (χ1v) is 9.37. The molecule has 4 aromatic rings. The predicted octanol–water partition coefficient (Wildman–Crippen LogP) is 7.14. The molecule has 0 aliphatic heterocycles. The molecular formula is C26H24. The Labute approximate surface area is 156 Å². The van der Waals surface area contributed by atoms with E-state index in [-0.39, 0.29) is 0 Å². The van der Waals surface area contributed by atoms with Crippen LogP contribution in [0.25, 0.3) is 10.8 Å². The second-order valence-electron chi connectivity index (χ2n) is 7.05. The zero-order valence-corrected chi connectivity index (χ0v) is 15.4. The van der Waals surface area contributed by atoms with Gasteiger partial charge >= 0.3 is 0 Å². The quantitative estimate of drug-likeness (QED) is 0.371. The molecule has 0 saturated heterocycles. The largest absolute Gasteiger partial charge is 0.0622 e. The first kappa shape index (κ1) is 16.6. The maximum Gasteiger partial charge on any atom is 0.00701 e. The van der Waals surface area contributed by atoms with Crippen molar-refractivity contribution in [2.45, 2.75) is 25.7 Å². The van der Waals surface area contributed by atoms with E-state index < -0.39 is 0 Å². The van der Waals surface area contributed by atoms with Crippen LogP contribution in [0.15, 0.2) is 97.1 Å². The maximum absolute atomic E-state index is 2.33. The summed E-state index contributed by atoms with van der Waals surface area (Å²) in [5, 5.41) is 2.68. The zero-order chi connectivity index (χ0) is 17.9. The van der Waals surface area contributed by atoms with Crippen molar-refractivity contribution in [2.24, 2.45) is 0 Å². The second-order valence-corrected chi connectivity index (χ2v) is 7.05. The molecule has 26 heavy (non-hydrogen) atoms. The van der Waals surface area contributed by atoms with E-state index in [0.717, 1.165) is 0 Å². The van der Waals surface area contributed by atoms with Crippen molar-refractivity contribution in [1.29, 1.82) is 0 Å².